The molecule has 1 aliphatic rings. The van der Waals surface area contributed by atoms with Gasteiger partial charge in [-0.2, -0.15) is 0 Å². The third-order valence-electron chi connectivity index (χ3n) is 4.83. The van der Waals surface area contributed by atoms with Crippen molar-refractivity contribution in [3.63, 3.8) is 0 Å². The largest absolute Gasteiger partial charge is 0.460 e. The van der Waals surface area contributed by atoms with Gasteiger partial charge in [-0.05, 0) is 33.1 Å². The first-order valence-electron chi connectivity index (χ1n) is 9.65. The fourth-order valence-corrected chi connectivity index (χ4v) is 3.31. The van der Waals surface area contributed by atoms with E-state index in [-0.39, 0.29) is 30.5 Å². The molecular weight excluding hydrogens is 336 g/mol. The van der Waals surface area contributed by atoms with Crippen molar-refractivity contribution >= 4 is 11.8 Å². The zero-order valence-electron chi connectivity index (χ0n) is 17.3. The van der Waals surface area contributed by atoms with Crippen LogP contribution in [0.15, 0.2) is 0 Å². The van der Waals surface area contributed by atoms with Gasteiger partial charge in [0.15, 0.2) is 5.79 Å². The van der Waals surface area contributed by atoms with Crippen molar-refractivity contribution in [1.82, 2.24) is 0 Å². The van der Waals surface area contributed by atoms with Gasteiger partial charge in [0.2, 0.25) is 0 Å². The summed E-state index contributed by atoms with van der Waals surface area (Å²) in [4.78, 5) is 25.2. The molecule has 1 heterocycles. The van der Waals surface area contributed by atoms with Crippen LogP contribution < -0.4 is 0 Å². The third kappa shape index (κ3) is 6.03. The lowest BCUT2D eigenvalue weighted by molar-refractivity contribution is -0.219. The smallest absolute Gasteiger partial charge is 0.314 e. The average Bonchev–Trinajstić information content (AvgIpc) is 2.99. The normalized spacial score (nSPS) is 20.7. The minimum Gasteiger partial charge on any atom is -0.460 e. The Morgan fingerprint density at radius 1 is 1.15 bits per heavy atom. The Morgan fingerprint density at radius 2 is 1.69 bits per heavy atom. The molecule has 0 bridgehead atoms. The van der Waals surface area contributed by atoms with Gasteiger partial charge in [0.1, 0.15) is 17.3 Å². The van der Waals surface area contributed by atoms with Gasteiger partial charge in [-0.25, -0.2) is 0 Å². The van der Waals surface area contributed by atoms with Crippen molar-refractivity contribution in [3.05, 3.63) is 0 Å². The van der Waals surface area contributed by atoms with E-state index in [0.29, 0.717) is 19.6 Å². The van der Waals surface area contributed by atoms with E-state index < -0.39 is 29.3 Å². The van der Waals surface area contributed by atoms with E-state index in [4.69, 9.17) is 14.2 Å². The number of carbonyl (C=O) groups excluding carboxylic acids is 2. The summed E-state index contributed by atoms with van der Waals surface area (Å²) in [6.07, 6.45) is 0.271. The summed E-state index contributed by atoms with van der Waals surface area (Å²) in [6, 6.07) is 0. The summed E-state index contributed by atoms with van der Waals surface area (Å²) in [5.74, 6) is -2.60. The Morgan fingerprint density at radius 3 is 2.12 bits per heavy atom. The molecule has 1 fully saturated rings. The molecule has 1 rings (SSSR count). The molecular formula is C20H36O6. The zero-order valence-corrected chi connectivity index (χ0v) is 17.3. The summed E-state index contributed by atoms with van der Waals surface area (Å²) >= 11 is 0. The number of carbonyl (C=O) groups is 2. The average molecular weight is 373 g/mol. The number of ether oxygens (including phenoxy) is 3. The number of hydrogen-bond acceptors (Lipinski definition) is 6. The minimum absolute atomic E-state index is 0.00652. The van der Waals surface area contributed by atoms with Crippen molar-refractivity contribution in [2.45, 2.75) is 85.2 Å². The number of Topliss-reactive ketones (excluding diaryl/α,β-unsaturated/α-hetero) is 1. The maximum Gasteiger partial charge on any atom is 0.314 e. The topological polar surface area (TPSA) is 82.1 Å². The van der Waals surface area contributed by atoms with Crippen molar-refractivity contribution in [1.29, 1.82) is 0 Å². The van der Waals surface area contributed by atoms with Crippen molar-refractivity contribution in [3.8, 4) is 0 Å². The van der Waals surface area contributed by atoms with Crippen molar-refractivity contribution in [2.24, 2.45) is 17.8 Å². The molecule has 0 spiro atoms. The molecule has 6 nitrogen and oxygen atoms in total. The Bertz CT molecular complexity index is 473. The number of ketones is 1. The van der Waals surface area contributed by atoms with Gasteiger partial charge in [-0.3, -0.25) is 9.59 Å². The highest BCUT2D eigenvalue weighted by Crippen LogP contribution is 2.37. The standard InChI is InChI=1S/C20H36O6/c1-8-15(18(23)26-19(5,6)7)20(24-11-12-25-20)10-9-16(21)14(4)17(22)13(2)3/h13-15,17,22H,8-12H2,1-7H3/t14-,15?,17+/m1/s1. The van der Waals surface area contributed by atoms with E-state index in [1.54, 1.807) is 6.92 Å². The molecule has 0 amide bonds. The van der Waals surface area contributed by atoms with Crippen LogP contribution >= 0.6 is 0 Å². The maximum atomic E-state index is 12.7. The molecule has 6 heteroatoms. The van der Waals surface area contributed by atoms with Gasteiger partial charge >= 0.3 is 5.97 Å². The molecule has 1 N–H and O–H groups in total. The molecule has 26 heavy (non-hydrogen) atoms. The summed E-state index contributed by atoms with van der Waals surface area (Å²) in [5.41, 5.74) is -0.601. The van der Waals surface area contributed by atoms with Crippen LogP contribution in [0.1, 0.15) is 67.7 Å². The van der Waals surface area contributed by atoms with Crippen LogP contribution in [0.5, 0.6) is 0 Å². The lowest BCUT2D eigenvalue weighted by Crippen LogP contribution is -2.46. The highest BCUT2D eigenvalue weighted by atomic mass is 16.7. The first kappa shape index (κ1) is 23.1. The van der Waals surface area contributed by atoms with Crippen LogP contribution in [0, 0.1) is 17.8 Å². The van der Waals surface area contributed by atoms with E-state index in [2.05, 4.69) is 0 Å². The molecule has 1 saturated heterocycles. The highest BCUT2D eigenvalue weighted by molar-refractivity contribution is 5.81. The van der Waals surface area contributed by atoms with Gasteiger partial charge < -0.3 is 19.3 Å². The predicted molar refractivity (Wildman–Crippen MR) is 98.5 cm³/mol. The molecule has 0 radical (unpaired) electrons. The molecule has 0 aromatic rings. The molecule has 0 aliphatic carbocycles. The van der Waals surface area contributed by atoms with Gasteiger partial charge in [0, 0.05) is 18.8 Å². The van der Waals surface area contributed by atoms with Crippen LogP contribution in [0.4, 0.5) is 0 Å². The van der Waals surface area contributed by atoms with Gasteiger partial charge in [0.25, 0.3) is 0 Å². The van der Waals surface area contributed by atoms with Crippen LogP contribution in [0.25, 0.3) is 0 Å². The number of rotatable bonds is 9. The summed E-state index contributed by atoms with van der Waals surface area (Å²) < 4.78 is 17.2. The van der Waals surface area contributed by atoms with Crippen LogP contribution in [-0.2, 0) is 23.8 Å². The molecule has 3 atom stereocenters. The summed E-state index contributed by atoms with van der Waals surface area (Å²) in [5, 5.41) is 10.1. The lowest BCUT2D eigenvalue weighted by Gasteiger charge is -2.35. The Balaban J connectivity index is 2.85. The first-order chi connectivity index (χ1) is 11.9. The molecule has 1 aliphatic heterocycles. The molecule has 152 valence electrons. The summed E-state index contributed by atoms with van der Waals surface area (Å²) in [6.45, 7) is 13.6. The van der Waals surface area contributed by atoms with Crippen LogP contribution in [0.3, 0.4) is 0 Å². The monoisotopic (exact) mass is 372 g/mol. The van der Waals surface area contributed by atoms with Gasteiger partial charge in [0.05, 0.1) is 19.3 Å². The second-order valence-electron chi connectivity index (χ2n) is 8.49. The predicted octanol–water partition coefficient (Wildman–Crippen LogP) is 3.10. The summed E-state index contributed by atoms with van der Waals surface area (Å²) in [7, 11) is 0. The number of aliphatic hydroxyl groups excluding tert-OH is 1. The van der Waals surface area contributed by atoms with Gasteiger partial charge in [-0.15, -0.1) is 0 Å². The van der Waals surface area contributed by atoms with Crippen molar-refractivity contribution in [2.75, 3.05) is 13.2 Å². The molecule has 0 saturated carbocycles. The highest BCUT2D eigenvalue weighted by Gasteiger charge is 2.49. The third-order valence-corrected chi connectivity index (χ3v) is 4.83. The second kappa shape index (κ2) is 9.29. The number of aliphatic hydroxyl groups is 1. The fourth-order valence-electron chi connectivity index (χ4n) is 3.31. The zero-order chi connectivity index (χ0) is 20.1. The number of esters is 1. The molecule has 1 unspecified atom stereocenters. The van der Waals surface area contributed by atoms with E-state index >= 15 is 0 Å². The van der Waals surface area contributed by atoms with Crippen LogP contribution in [0.2, 0.25) is 0 Å². The fraction of sp³-hybridized carbons (Fsp3) is 0.900. The van der Waals surface area contributed by atoms with Crippen molar-refractivity contribution < 1.29 is 28.9 Å². The van der Waals surface area contributed by atoms with Gasteiger partial charge in [-0.1, -0.05) is 27.7 Å². The van der Waals surface area contributed by atoms with E-state index in [9.17, 15) is 14.7 Å². The first-order valence-corrected chi connectivity index (χ1v) is 9.65. The Hall–Kier alpha value is -0.980. The van der Waals surface area contributed by atoms with E-state index in [0.717, 1.165) is 0 Å². The second-order valence-corrected chi connectivity index (χ2v) is 8.49. The van der Waals surface area contributed by atoms with E-state index in [1.165, 1.54) is 0 Å². The molecule has 0 aromatic carbocycles. The number of hydrogen-bond donors (Lipinski definition) is 1. The van der Waals surface area contributed by atoms with Crippen LogP contribution in [-0.4, -0.2) is 47.6 Å². The maximum absolute atomic E-state index is 12.7. The molecule has 0 aromatic heterocycles. The Labute approximate surface area is 157 Å². The SMILES string of the molecule is CCC(C(=O)OC(C)(C)C)C1(CCC(=O)[C@@H](C)[C@@H](O)C(C)C)OCCO1. The van der Waals surface area contributed by atoms with E-state index in [1.807, 2.05) is 41.5 Å². The quantitative estimate of drug-likeness (QED) is 0.626. The Kier molecular flexibility index (Phi) is 8.24. The minimum atomic E-state index is -1.13. The lowest BCUT2D eigenvalue weighted by atomic mass is 9.86.